The van der Waals surface area contributed by atoms with Crippen LogP contribution in [0.15, 0.2) is 59.6 Å². The molecule has 0 N–H and O–H groups in total. The maximum atomic E-state index is 12.1. The smallest absolute Gasteiger partial charge is 0.338 e. The van der Waals surface area contributed by atoms with Crippen molar-refractivity contribution in [2.75, 3.05) is 6.61 Å². The summed E-state index contributed by atoms with van der Waals surface area (Å²) in [6.07, 6.45) is 5.45. The molecule has 3 rings (SSSR count). The average Bonchev–Trinajstić information content (AvgIpc) is 3.04. The topological polar surface area (TPSA) is 43.6 Å². The molecule has 1 aromatic heterocycles. The largest absolute Gasteiger partial charge is 0.462 e. The number of nitrogens with zero attached hydrogens (tertiary/aromatic N) is 2. The number of unbranched alkanes of at least 4 members (excludes halogenated alkanes) is 1. The van der Waals surface area contributed by atoms with Gasteiger partial charge in [0.05, 0.1) is 17.9 Å². The molecule has 0 aliphatic rings. The van der Waals surface area contributed by atoms with Crippen molar-refractivity contribution in [1.82, 2.24) is 4.57 Å². The quantitative estimate of drug-likeness (QED) is 0.325. The summed E-state index contributed by atoms with van der Waals surface area (Å²) in [4.78, 5) is 16.8. The average molecular weight is 403 g/mol. The first-order chi connectivity index (χ1) is 14.5. The second kappa shape index (κ2) is 10.1. The van der Waals surface area contributed by atoms with Crippen LogP contribution in [0.3, 0.4) is 0 Å². The molecule has 1 heterocycles. The van der Waals surface area contributed by atoms with E-state index in [2.05, 4.69) is 60.7 Å². The number of hydrogen-bond donors (Lipinski definition) is 0. The number of aromatic nitrogens is 1. The number of carbonyl (C=O) groups is 1. The number of hydrogen-bond acceptors (Lipinski definition) is 3. The Hall–Kier alpha value is -3.14. The third kappa shape index (κ3) is 5.07. The first kappa shape index (κ1) is 21.6. The highest BCUT2D eigenvalue weighted by atomic mass is 16.5. The van der Waals surface area contributed by atoms with E-state index in [-0.39, 0.29) is 5.97 Å². The molecule has 4 heteroatoms. The van der Waals surface area contributed by atoms with Crippen molar-refractivity contribution < 1.29 is 9.53 Å². The zero-order valence-corrected chi connectivity index (χ0v) is 18.3. The Morgan fingerprint density at radius 1 is 1.07 bits per heavy atom. The van der Waals surface area contributed by atoms with E-state index in [1.807, 2.05) is 31.3 Å². The van der Waals surface area contributed by atoms with E-state index in [0.29, 0.717) is 12.2 Å². The predicted octanol–water partition coefficient (Wildman–Crippen LogP) is 6.36. The van der Waals surface area contributed by atoms with Crippen LogP contribution in [0, 0.1) is 13.8 Å². The van der Waals surface area contributed by atoms with E-state index in [4.69, 9.17) is 4.74 Å². The molecule has 0 radical (unpaired) electrons. The summed E-state index contributed by atoms with van der Waals surface area (Å²) < 4.78 is 7.27. The lowest BCUT2D eigenvalue weighted by Gasteiger charge is -2.11. The van der Waals surface area contributed by atoms with E-state index in [9.17, 15) is 4.79 Å². The second-order valence-corrected chi connectivity index (χ2v) is 7.46. The molecule has 0 saturated heterocycles. The highest BCUT2D eigenvalue weighted by Gasteiger charge is 2.12. The van der Waals surface area contributed by atoms with E-state index >= 15 is 0 Å². The Labute approximate surface area is 179 Å². The molecular formula is C26H30N2O2. The van der Waals surface area contributed by atoms with Crippen LogP contribution in [-0.2, 0) is 11.2 Å². The molecule has 0 aliphatic heterocycles. The number of carbonyl (C=O) groups excluding carboxylic acids is 1. The summed E-state index contributed by atoms with van der Waals surface area (Å²) in [6, 6.07) is 18.1. The number of rotatable bonds is 8. The maximum Gasteiger partial charge on any atom is 0.338 e. The van der Waals surface area contributed by atoms with Crippen molar-refractivity contribution in [3.8, 4) is 5.69 Å². The lowest BCUT2D eigenvalue weighted by atomic mass is 10.1. The minimum atomic E-state index is -0.300. The molecule has 0 fully saturated rings. The second-order valence-electron chi connectivity index (χ2n) is 7.46. The van der Waals surface area contributed by atoms with Crippen LogP contribution in [0.2, 0.25) is 0 Å². The summed E-state index contributed by atoms with van der Waals surface area (Å²) in [6.45, 7) is 8.52. The first-order valence-electron chi connectivity index (χ1n) is 10.6. The molecule has 0 spiro atoms. The zero-order chi connectivity index (χ0) is 21.5. The summed E-state index contributed by atoms with van der Waals surface area (Å²) >= 11 is 0. The van der Waals surface area contributed by atoms with Gasteiger partial charge in [0.2, 0.25) is 0 Å². The van der Waals surface area contributed by atoms with Gasteiger partial charge in [-0.3, -0.25) is 4.99 Å². The fourth-order valence-electron chi connectivity index (χ4n) is 3.58. The van der Waals surface area contributed by atoms with Crippen molar-refractivity contribution in [2.45, 2.75) is 47.0 Å². The summed E-state index contributed by atoms with van der Waals surface area (Å²) in [5.41, 5.74) is 7.03. The van der Waals surface area contributed by atoms with Crippen molar-refractivity contribution in [3.63, 3.8) is 0 Å². The number of benzene rings is 2. The van der Waals surface area contributed by atoms with Gasteiger partial charge in [0, 0.05) is 28.9 Å². The predicted molar refractivity (Wildman–Crippen MR) is 124 cm³/mol. The number of ether oxygens (including phenoxy) is 1. The molecule has 0 bridgehead atoms. The summed E-state index contributed by atoms with van der Waals surface area (Å²) in [5.74, 6) is -0.300. The monoisotopic (exact) mass is 402 g/mol. The molecule has 0 saturated carbocycles. The minimum Gasteiger partial charge on any atom is -0.462 e. The van der Waals surface area contributed by atoms with Crippen molar-refractivity contribution in [1.29, 1.82) is 0 Å². The molecule has 0 aliphatic carbocycles. The van der Waals surface area contributed by atoms with Gasteiger partial charge in [-0.25, -0.2) is 4.79 Å². The summed E-state index contributed by atoms with van der Waals surface area (Å²) in [7, 11) is 0. The number of aliphatic imine (C=N–C) groups is 1. The van der Waals surface area contributed by atoms with E-state index < -0.39 is 0 Å². The normalized spacial score (nSPS) is 11.2. The van der Waals surface area contributed by atoms with Gasteiger partial charge in [-0.15, -0.1) is 0 Å². The van der Waals surface area contributed by atoms with Crippen LogP contribution in [0.25, 0.3) is 5.69 Å². The third-order valence-corrected chi connectivity index (χ3v) is 5.19. The maximum absolute atomic E-state index is 12.1. The van der Waals surface area contributed by atoms with Gasteiger partial charge >= 0.3 is 5.97 Å². The van der Waals surface area contributed by atoms with Gasteiger partial charge in [-0.1, -0.05) is 31.5 Å². The van der Waals surface area contributed by atoms with Gasteiger partial charge in [0.25, 0.3) is 0 Å². The lowest BCUT2D eigenvalue weighted by Crippen LogP contribution is -2.06. The van der Waals surface area contributed by atoms with Crippen molar-refractivity contribution in [3.05, 3.63) is 82.7 Å². The van der Waals surface area contributed by atoms with Gasteiger partial charge < -0.3 is 9.30 Å². The third-order valence-electron chi connectivity index (χ3n) is 5.19. The van der Waals surface area contributed by atoms with Crippen LogP contribution >= 0.6 is 0 Å². The molecule has 30 heavy (non-hydrogen) atoms. The van der Waals surface area contributed by atoms with Crippen LogP contribution in [0.4, 0.5) is 5.69 Å². The Morgan fingerprint density at radius 3 is 2.53 bits per heavy atom. The molecule has 4 nitrogen and oxygen atoms in total. The SMILES string of the molecule is CCCCc1ccc(N=Cc2cc(C)n(-c3cccc(C(=O)OCC)c3)c2C)cc1. The van der Waals surface area contributed by atoms with Gasteiger partial charge in [0.1, 0.15) is 0 Å². The number of aryl methyl sites for hydroxylation is 2. The van der Waals surface area contributed by atoms with Gasteiger partial charge in [0.15, 0.2) is 0 Å². The molecule has 0 unspecified atom stereocenters. The molecule has 0 amide bonds. The first-order valence-corrected chi connectivity index (χ1v) is 10.6. The Bertz CT molecular complexity index is 1030. The van der Waals surface area contributed by atoms with Crippen molar-refractivity contribution in [2.24, 2.45) is 4.99 Å². The number of esters is 1. The Morgan fingerprint density at radius 2 is 1.83 bits per heavy atom. The van der Waals surface area contributed by atoms with Crippen molar-refractivity contribution >= 4 is 17.9 Å². The zero-order valence-electron chi connectivity index (χ0n) is 18.3. The Kier molecular flexibility index (Phi) is 7.23. The molecular weight excluding hydrogens is 372 g/mol. The highest BCUT2D eigenvalue weighted by molar-refractivity contribution is 5.90. The van der Waals surface area contributed by atoms with Crippen LogP contribution < -0.4 is 0 Å². The molecule has 3 aromatic rings. The molecule has 156 valence electrons. The van der Waals surface area contributed by atoms with E-state index in [0.717, 1.165) is 34.7 Å². The standard InChI is InChI=1S/C26H30N2O2/c1-5-7-9-21-12-14-24(15-13-21)27-18-23-16-19(3)28(20(23)4)25-11-8-10-22(17-25)26(29)30-6-2/h8,10-18H,5-7,9H2,1-4H3. The van der Waals surface area contributed by atoms with Gasteiger partial charge in [-0.2, -0.15) is 0 Å². The van der Waals surface area contributed by atoms with Crippen LogP contribution in [-0.4, -0.2) is 23.4 Å². The van der Waals surface area contributed by atoms with Gasteiger partial charge in [-0.05, 0) is 75.6 Å². The minimum absolute atomic E-state index is 0.300. The summed E-state index contributed by atoms with van der Waals surface area (Å²) in [5, 5.41) is 0. The highest BCUT2D eigenvalue weighted by Crippen LogP contribution is 2.22. The fourth-order valence-corrected chi connectivity index (χ4v) is 3.58. The van der Waals surface area contributed by atoms with Crippen LogP contribution in [0.1, 0.15) is 59.6 Å². The fraction of sp³-hybridized carbons (Fsp3) is 0.308. The van der Waals surface area contributed by atoms with Crippen LogP contribution in [0.5, 0.6) is 0 Å². The Balaban J connectivity index is 1.83. The lowest BCUT2D eigenvalue weighted by molar-refractivity contribution is 0.0526. The van der Waals surface area contributed by atoms with E-state index in [1.54, 1.807) is 6.07 Å². The molecule has 2 aromatic carbocycles. The molecule has 0 atom stereocenters. The van der Waals surface area contributed by atoms with E-state index in [1.165, 1.54) is 18.4 Å².